The third kappa shape index (κ3) is 3.94. The quantitative estimate of drug-likeness (QED) is 0.634. The van der Waals surface area contributed by atoms with Crippen LogP contribution < -0.4 is 0 Å². The summed E-state index contributed by atoms with van der Waals surface area (Å²) in [4.78, 5) is 12.2. The molecule has 1 aliphatic carbocycles. The first-order chi connectivity index (χ1) is 9.91. The van der Waals surface area contributed by atoms with Crippen molar-refractivity contribution in [2.24, 2.45) is 5.92 Å². The predicted molar refractivity (Wildman–Crippen MR) is 81.5 cm³/mol. The van der Waals surface area contributed by atoms with Crippen LogP contribution in [-0.2, 0) is 19.4 Å². The minimum Gasteiger partial charge on any atom is -0.465 e. The molecule has 2 rings (SSSR count). The van der Waals surface area contributed by atoms with Gasteiger partial charge in [-0.3, -0.25) is 0 Å². The number of carbonyl (C=O) groups excluding carboxylic acids is 1. The van der Waals surface area contributed by atoms with E-state index in [1.165, 1.54) is 32.1 Å². The number of sulfone groups is 1. The molecule has 0 amide bonds. The van der Waals surface area contributed by atoms with Gasteiger partial charge in [-0.1, -0.05) is 31.1 Å². The summed E-state index contributed by atoms with van der Waals surface area (Å²) in [5, 5.41) is 0. The highest BCUT2D eigenvalue weighted by Gasteiger charge is 2.19. The maximum Gasteiger partial charge on any atom is 0.338 e. The Labute approximate surface area is 125 Å². The zero-order valence-electron chi connectivity index (χ0n) is 12.3. The monoisotopic (exact) mass is 308 g/mol. The van der Waals surface area contributed by atoms with Crippen LogP contribution in [0.4, 0.5) is 0 Å². The Morgan fingerprint density at radius 1 is 1.19 bits per heavy atom. The molecule has 0 aromatic heterocycles. The SMILES string of the molecule is COC(=O)/C(=C\C1CCCC1)c1ccc(S(C)(=O)=O)cc1. The zero-order valence-corrected chi connectivity index (χ0v) is 13.2. The van der Waals surface area contributed by atoms with E-state index < -0.39 is 9.84 Å². The van der Waals surface area contributed by atoms with E-state index in [0.29, 0.717) is 17.1 Å². The summed E-state index contributed by atoms with van der Waals surface area (Å²) in [6.45, 7) is 0. The van der Waals surface area contributed by atoms with E-state index in [4.69, 9.17) is 4.74 Å². The molecule has 0 aliphatic heterocycles. The molecular formula is C16H20O4S. The fraction of sp³-hybridized carbons (Fsp3) is 0.438. The van der Waals surface area contributed by atoms with Gasteiger partial charge >= 0.3 is 5.97 Å². The number of hydrogen-bond donors (Lipinski definition) is 0. The van der Waals surface area contributed by atoms with Gasteiger partial charge in [0.05, 0.1) is 17.6 Å². The molecule has 0 radical (unpaired) electrons. The number of methoxy groups -OCH3 is 1. The van der Waals surface area contributed by atoms with Gasteiger partial charge in [0.1, 0.15) is 0 Å². The molecule has 0 bridgehead atoms. The number of allylic oxidation sites excluding steroid dienone is 1. The number of rotatable bonds is 4. The predicted octanol–water partition coefficient (Wildman–Crippen LogP) is 2.84. The van der Waals surface area contributed by atoms with Gasteiger partial charge in [-0.05, 0) is 36.5 Å². The van der Waals surface area contributed by atoms with Gasteiger partial charge < -0.3 is 4.74 Å². The zero-order chi connectivity index (χ0) is 15.5. The number of carbonyl (C=O) groups is 1. The molecule has 114 valence electrons. The van der Waals surface area contributed by atoms with Gasteiger partial charge in [0, 0.05) is 6.26 Å². The first kappa shape index (κ1) is 15.8. The Balaban J connectivity index is 2.35. The average molecular weight is 308 g/mol. The second-order valence-corrected chi connectivity index (χ2v) is 7.43. The molecule has 21 heavy (non-hydrogen) atoms. The lowest BCUT2D eigenvalue weighted by Gasteiger charge is -2.10. The van der Waals surface area contributed by atoms with Crippen LogP contribution in [0.1, 0.15) is 31.2 Å². The Bertz CT molecular complexity index is 635. The van der Waals surface area contributed by atoms with Gasteiger partial charge in [0.15, 0.2) is 9.84 Å². The van der Waals surface area contributed by atoms with E-state index in [2.05, 4.69) is 0 Å². The number of benzene rings is 1. The van der Waals surface area contributed by atoms with Gasteiger partial charge in [0.25, 0.3) is 0 Å². The third-order valence-corrected chi connectivity index (χ3v) is 4.93. The molecule has 0 atom stereocenters. The van der Waals surface area contributed by atoms with Crippen LogP contribution in [0.5, 0.6) is 0 Å². The topological polar surface area (TPSA) is 60.4 Å². The van der Waals surface area contributed by atoms with Crippen molar-refractivity contribution >= 4 is 21.4 Å². The summed E-state index contributed by atoms with van der Waals surface area (Å²) >= 11 is 0. The van der Waals surface area contributed by atoms with Crippen LogP contribution in [0, 0.1) is 5.92 Å². The molecule has 1 aliphatic rings. The van der Waals surface area contributed by atoms with Crippen molar-refractivity contribution in [2.45, 2.75) is 30.6 Å². The summed E-state index contributed by atoms with van der Waals surface area (Å²) < 4.78 is 27.8. The lowest BCUT2D eigenvalue weighted by molar-refractivity contribution is -0.133. The second kappa shape index (κ2) is 6.43. The van der Waals surface area contributed by atoms with Crippen LogP contribution in [0.25, 0.3) is 5.57 Å². The van der Waals surface area contributed by atoms with Crippen molar-refractivity contribution in [3.8, 4) is 0 Å². The number of esters is 1. The molecular weight excluding hydrogens is 288 g/mol. The van der Waals surface area contributed by atoms with Crippen molar-refractivity contribution in [1.82, 2.24) is 0 Å². The van der Waals surface area contributed by atoms with Crippen LogP contribution in [0.15, 0.2) is 35.2 Å². The van der Waals surface area contributed by atoms with Crippen molar-refractivity contribution in [1.29, 1.82) is 0 Å². The van der Waals surface area contributed by atoms with E-state index in [0.717, 1.165) is 19.1 Å². The molecule has 5 heteroatoms. The summed E-state index contributed by atoms with van der Waals surface area (Å²) in [6.07, 6.45) is 7.67. The molecule has 0 heterocycles. The Kier molecular flexibility index (Phi) is 4.83. The highest BCUT2D eigenvalue weighted by molar-refractivity contribution is 7.90. The Morgan fingerprint density at radius 2 is 1.76 bits per heavy atom. The van der Waals surface area contributed by atoms with E-state index in [1.54, 1.807) is 12.1 Å². The Morgan fingerprint density at radius 3 is 2.24 bits per heavy atom. The molecule has 0 spiro atoms. The van der Waals surface area contributed by atoms with Crippen LogP contribution in [0.2, 0.25) is 0 Å². The molecule has 1 fully saturated rings. The Hall–Kier alpha value is -1.62. The fourth-order valence-electron chi connectivity index (χ4n) is 2.63. The minimum absolute atomic E-state index is 0.247. The van der Waals surface area contributed by atoms with Crippen molar-refractivity contribution < 1.29 is 17.9 Å². The molecule has 4 nitrogen and oxygen atoms in total. The fourth-order valence-corrected chi connectivity index (χ4v) is 3.26. The number of ether oxygens (including phenoxy) is 1. The largest absolute Gasteiger partial charge is 0.465 e. The standard InChI is InChI=1S/C16H20O4S/c1-20-16(17)15(11-12-5-3-4-6-12)13-7-9-14(10-8-13)21(2,18)19/h7-12H,3-6H2,1-2H3/b15-11-. The first-order valence-electron chi connectivity index (χ1n) is 7.02. The molecule has 0 N–H and O–H groups in total. The normalized spacial score (nSPS) is 17.0. The van der Waals surface area contributed by atoms with E-state index >= 15 is 0 Å². The maximum atomic E-state index is 12.0. The highest BCUT2D eigenvalue weighted by atomic mass is 32.2. The van der Waals surface area contributed by atoms with E-state index in [-0.39, 0.29) is 10.9 Å². The lowest BCUT2D eigenvalue weighted by Crippen LogP contribution is -2.06. The van der Waals surface area contributed by atoms with Crippen LogP contribution >= 0.6 is 0 Å². The van der Waals surface area contributed by atoms with Crippen LogP contribution in [-0.4, -0.2) is 27.8 Å². The van der Waals surface area contributed by atoms with Crippen molar-refractivity contribution in [3.63, 3.8) is 0 Å². The molecule has 1 saturated carbocycles. The third-order valence-electron chi connectivity index (χ3n) is 3.80. The maximum absolute atomic E-state index is 12.0. The van der Waals surface area contributed by atoms with Gasteiger partial charge in [-0.25, -0.2) is 13.2 Å². The van der Waals surface area contributed by atoms with Crippen LogP contribution in [0.3, 0.4) is 0 Å². The summed E-state index contributed by atoms with van der Waals surface area (Å²) in [7, 11) is -1.87. The van der Waals surface area contributed by atoms with E-state index in [9.17, 15) is 13.2 Å². The van der Waals surface area contributed by atoms with Gasteiger partial charge in [0.2, 0.25) is 0 Å². The minimum atomic E-state index is -3.23. The van der Waals surface area contributed by atoms with Gasteiger partial charge in [-0.15, -0.1) is 0 Å². The summed E-state index contributed by atoms with van der Waals surface area (Å²) in [5.74, 6) is 0.0164. The first-order valence-corrected chi connectivity index (χ1v) is 8.91. The summed E-state index contributed by atoms with van der Waals surface area (Å²) in [6, 6.07) is 6.37. The van der Waals surface area contributed by atoms with Crippen molar-refractivity contribution in [2.75, 3.05) is 13.4 Å². The lowest BCUT2D eigenvalue weighted by atomic mass is 9.99. The molecule has 0 saturated heterocycles. The second-order valence-electron chi connectivity index (χ2n) is 5.41. The summed E-state index contributed by atoms with van der Waals surface area (Å²) in [5.41, 5.74) is 1.21. The van der Waals surface area contributed by atoms with Gasteiger partial charge in [-0.2, -0.15) is 0 Å². The van der Waals surface area contributed by atoms with E-state index in [1.807, 2.05) is 6.08 Å². The molecule has 1 aromatic rings. The molecule has 1 aromatic carbocycles. The smallest absolute Gasteiger partial charge is 0.338 e. The average Bonchev–Trinajstić information content (AvgIpc) is 2.96. The highest BCUT2D eigenvalue weighted by Crippen LogP contribution is 2.29. The number of hydrogen-bond acceptors (Lipinski definition) is 4. The molecule has 0 unspecified atom stereocenters. The van der Waals surface area contributed by atoms with Crippen molar-refractivity contribution in [3.05, 3.63) is 35.9 Å².